The van der Waals surface area contributed by atoms with Crippen molar-refractivity contribution in [2.75, 3.05) is 19.1 Å². The molecule has 0 spiro atoms. The zero-order valence-corrected chi connectivity index (χ0v) is 18.4. The average molecular weight is 452 g/mol. The van der Waals surface area contributed by atoms with Crippen LogP contribution in [0.1, 0.15) is 27.9 Å². The molecule has 0 unspecified atom stereocenters. The molecule has 0 radical (unpaired) electrons. The number of carbonyl (C=O) groups excluding carboxylic acids is 2. The number of nitrogens with zero attached hydrogens (tertiary/aromatic N) is 1. The molecule has 32 heavy (non-hydrogen) atoms. The fraction of sp³-hybridized carbons (Fsp3) is 0.200. The number of Topliss-reactive ketones (excluding diaryl/α,β-unsaturated/α-hetero) is 1. The highest BCUT2D eigenvalue weighted by molar-refractivity contribution is 6.31. The highest BCUT2D eigenvalue weighted by atomic mass is 35.5. The van der Waals surface area contributed by atoms with E-state index in [9.17, 15) is 14.7 Å². The SMILES string of the molecule is COc1ccc(C(=O)C[C@@]2(O)C(=O)N(Cc3ccccc3)c3ccc(Cl)cc32)cc1OC. The van der Waals surface area contributed by atoms with Crippen molar-refractivity contribution in [1.82, 2.24) is 0 Å². The first kappa shape index (κ1) is 21.9. The van der Waals surface area contributed by atoms with Crippen LogP contribution in [-0.4, -0.2) is 31.0 Å². The van der Waals surface area contributed by atoms with Gasteiger partial charge >= 0.3 is 0 Å². The fourth-order valence-corrected chi connectivity index (χ4v) is 4.13. The van der Waals surface area contributed by atoms with Gasteiger partial charge in [-0.2, -0.15) is 0 Å². The standard InChI is InChI=1S/C25H22ClNO5/c1-31-22-11-8-17(12-23(22)32-2)21(28)14-25(30)19-13-18(26)9-10-20(19)27(24(25)29)15-16-6-4-3-5-7-16/h3-13,30H,14-15H2,1-2H3/t25-/m0/s1. The summed E-state index contributed by atoms with van der Waals surface area (Å²) in [7, 11) is 2.97. The highest BCUT2D eigenvalue weighted by Gasteiger charge is 2.51. The van der Waals surface area contributed by atoms with Crippen molar-refractivity contribution in [3.8, 4) is 11.5 Å². The lowest BCUT2D eigenvalue weighted by Gasteiger charge is -2.23. The van der Waals surface area contributed by atoms with Crippen molar-refractivity contribution in [3.63, 3.8) is 0 Å². The number of fused-ring (bicyclic) bond motifs is 1. The van der Waals surface area contributed by atoms with Gasteiger partial charge in [-0.1, -0.05) is 41.9 Å². The number of carbonyl (C=O) groups is 2. The van der Waals surface area contributed by atoms with Crippen LogP contribution >= 0.6 is 11.6 Å². The molecule has 0 bridgehead atoms. The maximum absolute atomic E-state index is 13.4. The van der Waals surface area contributed by atoms with Gasteiger partial charge in [0, 0.05) is 16.1 Å². The first-order valence-corrected chi connectivity index (χ1v) is 10.4. The molecule has 3 aromatic rings. The lowest BCUT2D eigenvalue weighted by molar-refractivity contribution is -0.136. The van der Waals surface area contributed by atoms with Gasteiger partial charge in [-0.15, -0.1) is 0 Å². The fourth-order valence-electron chi connectivity index (χ4n) is 3.96. The molecule has 0 saturated heterocycles. The molecule has 1 aliphatic rings. The maximum atomic E-state index is 13.4. The number of methoxy groups -OCH3 is 2. The third-order valence-electron chi connectivity index (χ3n) is 5.60. The minimum Gasteiger partial charge on any atom is -0.493 e. The summed E-state index contributed by atoms with van der Waals surface area (Å²) in [6.45, 7) is 0.265. The maximum Gasteiger partial charge on any atom is 0.264 e. The molecule has 1 heterocycles. The largest absolute Gasteiger partial charge is 0.493 e. The van der Waals surface area contributed by atoms with Gasteiger partial charge in [-0.25, -0.2) is 0 Å². The number of anilines is 1. The number of benzene rings is 3. The van der Waals surface area contributed by atoms with Crippen LogP contribution < -0.4 is 14.4 Å². The Labute approximate surface area is 191 Å². The van der Waals surface area contributed by atoms with Crippen LogP contribution in [0.15, 0.2) is 66.7 Å². The summed E-state index contributed by atoms with van der Waals surface area (Å²) < 4.78 is 10.5. The number of aliphatic hydroxyl groups is 1. The van der Waals surface area contributed by atoms with Gasteiger partial charge in [0.25, 0.3) is 5.91 Å². The second-order valence-electron chi connectivity index (χ2n) is 7.57. The van der Waals surface area contributed by atoms with Crippen LogP contribution in [0.2, 0.25) is 5.02 Å². The first-order valence-electron chi connectivity index (χ1n) is 10.0. The monoisotopic (exact) mass is 451 g/mol. The summed E-state index contributed by atoms with van der Waals surface area (Å²) in [6.07, 6.45) is -0.431. The van der Waals surface area contributed by atoms with E-state index < -0.39 is 23.7 Å². The third-order valence-corrected chi connectivity index (χ3v) is 5.83. The Morgan fingerprint density at radius 1 is 1.00 bits per heavy atom. The van der Waals surface area contributed by atoms with E-state index in [1.54, 1.807) is 30.3 Å². The summed E-state index contributed by atoms with van der Waals surface area (Å²) in [6, 6.07) is 19.1. The third kappa shape index (κ3) is 3.83. The molecular formula is C25H22ClNO5. The smallest absolute Gasteiger partial charge is 0.264 e. The number of ether oxygens (including phenoxy) is 2. The molecule has 1 amide bonds. The molecule has 1 N–H and O–H groups in total. The van der Waals surface area contributed by atoms with Crippen molar-refractivity contribution in [3.05, 3.63) is 88.4 Å². The van der Waals surface area contributed by atoms with Gasteiger partial charge in [0.2, 0.25) is 0 Å². The van der Waals surface area contributed by atoms with Crippen LogP contribution in [0, 0.1) is 0 Å². The molecule has 164 valence electrons. The number of hydrogen-bond donors (Lipinski definition) is 1. The van der Waals surface area contributed by atoms with Gasteiger partial charge in [0.15, 0.2) is 22.9 Å². The first-order chi connectivity index (χ1) is 15.4. The van der Waals surface area contributed by atoms with E-state index in [1.807, 2.05) is 30.3 Å². The topological polar surface area (TPSA) is 76.1 Å². The van der Waals surface area contributed by atoms with Gasteiger partial charge in [-0.05, 0) is 42.0 Å². The summed E-state index contributed by atoms with van der Waals surface area (Å²) in [4.78, 5) is 28.0. The Kier molecular flexibility index (Phi) is 5.91. The van der Waals surface area contributed by atoms with Gasteiger partial charge in [-0.3, -0.25) is 9.59 Å². The van der Waals surface area contributed by atoms with Crippen molar-refractivity contribution in [2.45, 2.75) is 18.6 Å². The molecule has 7 heteroatoms. The Bertz CT molecular complexity index is 1180. The lowest BCUT2D eigenvalue weighted by Crippen LogP contribution is -2.41. The average Bonchev–Trinajstić information content (AvgIpc) is 3.00. The van der Waals surface area contributed by atoms with E-state index in [2.05, 4.69) is 0 Å². The van der Waals surface area contributed by atoms with Gasteiger partial charge in [0.05, 0.1) is 32.9 Å². The van der Waals surface area contributed by atoms with Gasteiger partial charge in [0.1, 0.15) is 0 Å². The van der Waals surface area contributed by atoms with Crippen LogP contribution in [-0.2, 0) is 16.9 Å². The second-order valence-corrected chi connectivity index (χ2v) is 8.00. The number of ketones is 1. The van der Waals surface area contributed by atoms with Crippen LogP contribution in [0.4, 0.5) is 5.69 Å². The summed E-state index contributed by atoms with van der Waals surface area (Å²) >= 11 is 6.18. The highest BCUT2D eigenvalue weighted by Crippen LogP contribution is 2.45. The zero-order valence-electron chi connectivity index (χ0n) is 17.7. The van der Waals surface area contributed by atoms with E-state index >= 15 is 0 Å². The molecule has 0 aliphatic carbocycles. The minimum absolute atomic E-state index is 0.265. The number of amides is 1. The van der Waals surface area contributed by atoms with Crippen LogP contribution in [0.5, 0.6) is 11.5 Å². The Morgan fingerprint density at radius 3 is 2.41 bits per heavy atom. The van der Waals surface area contributed by atoms with Crippen molar-refractivity contribution in [1.29, 1.82) is 0 Å². The van der Waals surface area contributed by atoms with E-state index in [0.717, 1.165) is 5.56 Å². The van der Waals surface area contributed by atoms with Crippen LogP contribution in [0.25, 0.3) is 0 Å². The van der Waals surface area contributed by atoms with Crippen LogP contribution in [0.3, 0.4) is 0 Å². The van der Waals surface area contributed by atoms with Crippen molar-refractivity contribution < 1.29 is 24.2 Å². The summed E-state index contributed by atoms with van der Waals surface area (Å²) in [5.74, 6) is -0.107. The number of hydrogen-bond acceptors (Lipinski definition) is 5. The van der Waals surface area contributed by atoms with Gasteiger partial charge < -0.3 is 19.5 Å². The molecule has 1 aliphatic heterocycles. The minimum atomic E-state index is -2.03. The Hall–Kier alpha value is -3.35. The van der Waals surface area contributed by atoms with Crippen molar-refractivity contribution in [2.24, 2.45) is 0 Å². The molecule has 6 nitrogen and oxygen atoms in total. The quantitative estimate of drug-likeness (QED) is 0.540. The Morgan fingerprint density at radius 2 is 1.72 bits per heavy atom. The molecule has 1 atom stereocenters. The molecule has 3 aromatic carbocycles. The summed E-state index contributed by atoms with van der Waals surface area (Å²) in [5, 5.41) is 11.9. The van der Waals surface area contributed by atoms with E-state index in [1.165, 1.54) is 25.2 Å². The molecule has 4 rings (SSSR count). The summed E-state index contributed by atoms with van der Waals surface area (Å²) in [5.41, 5.74) is 0.0241. The predicted octanol–water partition coefficient (Wildman–Crippen LogP) is 4.36. The van der Waals surface area contributed by atoms with Crippen molar-refractivity contribution >= 4 is 29.0 Å². The van der Waals surface area contributed by atoms with E-state index in [4.69, 9.17) is 21.1 Å². The molecule has 0 aromatic heterocycles. The number of rotatable bonds is 7. The lowest BCUT2D eigenvalue weighted by atomic mass is 9.88. The number of halogens is 1. The Balaban J connectivity index is 1.69. The molecular weight excluding hydrogens is 430 g/mol. The zero-order chi connectivity index (χ0) is 22.9. The normalized spacial score (nSPS) is 17.2. The van der Waals surface area contributed by atoms with E-state index in [-0.39, 0.29) is 6.54 Å². The molecule has 0 fully saturated rings. The predicted molar refractivity (Wildman–Crippen MR) is 121 cm³/mol. The molecule has 0 saturated carbocycles. The second kappa shape index (κ2) is 8.65. The van der Waals surface area contributed by atoms with E-state index in [0.29, 0.717) is 33.3 Å².